The van der Waals surface area contributed by atoms with Crippen molar-refractivity contribution < 1.29 is 19.0 Å². The number of nitrogens with one attached hydrogen (secondary N) is 1. The number of ether oxygens (including phenoxy) is 3. The first-order valence-corrected chi connectivity index (χ1v) is 7.69. The number of aromatic amines is 1. The number of nitrogens with zero attached hydrogens (tertiary/aromatic N) is 2. The first-order valence-electron chi connectivity index (χ1n) is 7.69. The van der Waals surface area contributed by atoms with E-state index in [9.17, 15) is 10.1 Å². The number of hydrogen-bond donors (Lipinski definition) is 3. The number of rotatable bonds is 6. The lowest BCUT2D eigenvalue weighted by atomic mass is 9.84. The zero-order valence-corrected chi connectivity index (χ0v) is 14.0. The van der Waals surface area contributed by atoms with Crippen LogP contribution in [0.1, 0.15) is 22.7 Å². The molecule has 1 aliphatic rings. The zero-order valence-electron chi connectivity index (χ0n) is 14.0. The van der Waals surface area contributed by atoms with Crippen molar-refractivity contribution in [3.05, 3.63) is 52.5 Å². The molecule has 1 unspecified atom stereocenters. The molecule has 0 aliphatic carbocycles. The van der Waals surface area contributed by atoms with Crippen LogP contribution in [0.2, 0.25) is 0 Å². The maximum atomic E-state index is 10.9. The number of aromatic nitrogens is 2. The fourth-order valence-corrected chi connectivity index (χ4v) is 2.83. The molecule has 1 atom stereocenters. The Morgan fingerprint density at radius 1 is 1.50 bits per heavy atom. The average molecular weight is 355 g/mol. The van der Waals surface area contributed by atoms with E-state index in [4.69, 9.17) is 25.7 Å². The van der Waals surface area contributed by atoms with Crippen molar-refractivity contribution >= 4 is 5.91 Å². The Hall–Kier alpha value is -3.51. The molecule has 5 N–H and O–H groups in total. The van der Waals surface area contributed by atoms with Crippen LogP contribution in [0.4, 0.5) is 0 Å². The summed E-state index contributed by atoms with van der Waals surface area (Å²) in [6, 6.07) is 9.09. The molecule has 0 saturated heterocycles. The summed E-state index contributed by atoms with van der Waals surface area (Å²) in [5.41, 5.74) is 13.4. The molecule has 9 nitrogen and oxygen atoms in total. The van der Waals surface area contributed by atoms with Crippen LogP contribution in [0.3, 0.4) is 0 Å². The Morgan fingerprint density at radius 3 is 3.00 bits per heavy atom. The van der Waals surface area contributed by atoms with E-state index in [1.54, 1.807) is 25.3 Å². The van der Waals surface area contributed by atoms with E-state index in [1.807, 2.05) is 6.07 Å². The van der Waals surface area contributed by atoms with Gasteiger partial charge in [-0.15, -0.1) is 5.10 Å². The molecule has 26 heavy (non-hydrogen) atoms. The summed E-state index contributed by atoms with van der Waals surface area (Å²) in [6.45, 7) is 0.0187. The molecule has 2 aromatic rings. The molecule has 9 heteroatoms. The number of fused-ring (bicyclic) bond motifs is 1. The van der Waals surface area contributed by atoms with Gasteiger partial charge in [-0.3, -0.25) is 9.89 Å². The minimum absolute atomic E-state index is 0.0103. The van der Waals surface area contributed by atoms with Gasteiger partial charge in [-0.25, -0.2) is 0 Å². The van der Waals surface area contributed by atoms with Crippen LogP contribution in [-0.4, -0.2) is 29.8 Å². The second kappa shape index (κ2) is 7.16. The average Bonchev–Trinajstić information content (AvgIpc) is 3.01. The summed E-state index contributed by atoms with van der Waals surface area (Å²) in [6.07, 6.45) is 0. The molecule has 0 radical (unpaired) electrons. The van der Waals surface area contributed by atoms with Gasteiger partial charge in [0.25, 0.3) is 5.91 Å². The number of amides is 1. The lowest BCUT2D eigenvalue weighted by Crippen LogP contribution is -2.22. The largest absolute Gasteiger partial charge is 0.484 e. The van der Waals surface area contributed by atoms with Gasteiger partial charge in [-0.05, 0) is 17.7 Å². The number of carbonyl (C=O) groups excluding carboxylic acids is 1. The van der Waals surface area contributed by atoms with Crippen LogP contribution in [0, 0.1) is 11.3 Å². The third-order valence-electron chi connectivity index (χ3n) is 3.88. The Morgan fingerprint density at radius 2 is 2.31 bits per heavy atom. The van der Waals surface area contributed by atoms with E-state index in [-0.39, 0.29) is 24.7 Å². The molecule has 0 fully saturated rings. The SMILES string of the molecule is COCc1[nH]nc2c1C(c1cccc(OCC(N)=O)c1)C(C#N)=C(N)O2. The van der Waals surface area contributed by atoms with E-state index in [1.165, 1.54) is 0 Å². The smallest absolute Gasteiger partial charge is 0.255 e. The maximum Gasteiger partial charge on any atom is 0.255 e. The van der Waals surface area contributed by atoms with Crippen molar-refractivity contribution in [3.8, 4) is 17.7 Å². The van der Waals surface area contributed by atoms with Gasteiger partial charge in [0.15, 0.2) is 6.61 Å². The Labute approximate surface area is 149 Å². The molecular formula is C17H17N5O4. The van der Waals surface area contributed by atoms with Gasteiger partial charge in [0.2, 0.25) is 11.8 Å². The number of H-pyrrole nitrogens is 1. The number of nitriles is 1. The minimum atomic E-state index is -0.581. The fourth-order valence-electron chi connectivity index (χ4n) is 2.83. The first-order chi connectivity index (χ1) is 12.5. The fraction of sp³-hybridized carbons (Fsp3) is 0.235. The zero-order chi connectivity index (χ0) is 18.7. The molecule has 1 aromatic carbocycles. The summed E-state index contributed by atoms with van der Waals surface area (Å²) < 4.78 is 16.0. The summed E-state index contributed by atoms with van der Waals surface area (Å²) >= 11 is 0. The molecular weight excluding hydrogens is 338 g/mol. The molecule has 1 aromatic heterocycles. The van der Waals surface area contributed by atoms with Crippen LogP contribution < -0.4 is 20.9 Å². The van der Waals surface area contributed by atoms with E-state index < -0.39 is 11.8 Å². The van der Waals surface area contributed by atoms with E-state index in [0.29, 0.717) is 22.9 Å². The predicted octanol–water partition coefficient (Wildman–Crippen LogP) is 0.638. The number of hydrogen-bond acceptors (Lipinski definition) is 7. The molecule has 0 bridgehead atoms. The summed E-state index contributed by atoms with van der Waals surface area (Å²) in [5, 5.41) is 16.6. The molecule has 3 rings (SSSR count). The van der Waals surface area contributed by atoms with E-state index in [0.717, 1.165) is 5.56 Å². The Bertz CT molecular complexity index is 912. The molecule has 0 spiro atoms. The van der Waals surface area contributed by atoms with Crippen LogP contribution in [0.25, 0.3) is 0 Å². The van der Waals surface area contributed by atoms with E-state index >= 15 is 0 Å². The first kappa shape index (κ1) is 17.3. The Balaban J connectivity index is 2.08. The number of benzene rings is 1. The highest BCUT2D eigenvalue weighted by molar-refractivity contribution is 5.75. The van der Waals surface area contributed by atoms with Crippen LogP contribution in [-0.2, 0) is 16.1 Å². The molecule has 1 aliphatic heterocycles. The van der Waals surface area contributed by atoms with Crippen molar-refractivity contribution in [2.24, 2.45) is 11.5 Å². The maximum absolute atomic E-state index is 10.9. The van der Waals surface area contributed by atoms with Crippen molar-refractivity contribution in [3.63, 3.8) is 0 Å². The molecule has 1 amide bonds. The summed E-state index contributed by atoms with van der Waals surface area (Å²) in [4.78, 5) is 10.9. The van der Waals surface area contributed by atoms with Gasteiger partial charge in [-0.1, -0.05) is 12.1 Å². The van der Waals surface area contributed by atoms with Gasteiger partial charge in [0.05, 0.1) is 23.8 Å². The molecule has 134 valence electrons. The van der Waals surface area contributed by atoms with Crippen molar-refractivity contribution in [2.45, 2.75) is 12.5 Å². The predicted molar refractivity (Wildman–Crippen MR) is 89.7 cm³/mol. The van der Waals surface area contributed by atoms with Gasteiger partial charge in [0, 0.05) is 7.11 Å². The normalized spacial score (nSPS) is 15.8. The third kappa shape index (κ3) is 3.18. The third-order valence-corrected chi connectivity index (χ3v) is 3.88. The number of allylic oxidation sites excluding steroid dienone is 1. The topological polar surface area (TPSA) is 149 Å². The number of nitrogens with two attached hydrogens (primary N) is 2. The van der Waals surface area contributed by atoms with Gasteiger partial charge in [0.1, 0.15) is 17.4 Å². The van der Waals surface area contributed by atoms with Gasteiger partial charge < -0.3 is 25.7 Å². The van der Waals surface area contributed by atoms with E-state index in [2.05, 4.69) is 16.3 Å². The molecule has 2 heterocycles. The van der Waals surface area contributed by atoms with Crippen LogP contribution in [0.15, 0.2) is 35.7 Å². The Kier molecular flexibility index (Phi) is 4.77. The monoisotopic (exact) mass is 355 g/mol. The minimum Gasteiger partial charge on any atom is -0.484 e. The van der Waals surface area contributed by atoms with Crippen LogP contribution in [0.5, 0.6) is 11.6 Å². The second-order valence-electron chi connectivity index (χ2n) is 5.61. The summed E-state index contributed by atoms with van der Waals surface area (Å²) in [5.74, 6) is -0.361. The van der Waals surface area contributed by atoms with Crippen molar-refractivity contribution in [2.75, 3.05) is 13.7 Å². The summed E-state index contributed by atoms with van der Waals surface area (Å²) in [7, 11) is 1.56. The number of primary amides is 1. The quantitative estimate of drug-likeness (QED) is 0.688. The standard InChI is InChI=1S/C17H17N5O4/c1-24-7-12-15-14(11(6-18)16(20)26-17(15)22-21-12)9-3-2-4-10(5-9)25-8-13(19)23/h2-5,14H,7-8,20H2,1H3,(H2,19,23)(H,21,22). The van der Waals surface area contributed by atoms with Crippen LogP contribution >= 0.6 is 0 Å². The lowest BCUT2D eigenvalue weighted by molar-refractivity contribution is -0.119. The highest BCUT2D eigenvalue weighted by Gasteiger charge is 2.35. The van der Waals surface area contributed by atoms with Crippen molar-refractivity contribution in [1.82, 2.24) is 10.2 Å². The number of carbonyl (C=O) groups is 1. The lowest BCUT2D eigenvalue weighted by Gasteiger charge is -2.24. The van der Waals surface area contributed by atoms with Gasteiger partial charge in [-0.2, -0.15) is 5.26 Å². The highest BCUT2D eigenvalue weighted by atomic mass is 16.5. The second-order valence-corrected chi connectivity index (χ2v) is 5.61. The highest BCUT2D eigenvalue weighted by Crippen LogP contribution is 2.43. The number of methoxy groups -OCH3 is 1. The van der Waals surface area contributed by atoms with Crippen molar-refractivity contribution in [1.29, 1.82) is 5.26 Å². The van der Waals surface area contributed by atoms with Gasteiger partial charge >= 0.3 is 0 Å². The molecule has 0 saturated carbocycles.